The van der Waals surface area contributed by atoms with Gasteiger partial charge in [0.2, 0.25) is 0 Å². The molecule has 5 heteroatoms. The Balaban J connectivity index is 4.15. The summed E-state index contributed by atoms with van der Waals surface area (Å²) in [5, 5.41) is 0. The topological polar surface area (TPSA) is 72.6 Å². The van der Waals surface area contributed by atoms with Crippen molar-refractivity contribution in [2.45, 2.75) is 200 Å². The lowest BCUT2D eigenvalue weighted by Gasteiger charge is -2.22. The van der Waals surface area contributed by atoms with E-state index in [1.807, 2.05) is 0 Å². The summed E-state index contributed by atoms with van der Waals surface area (Å²) >= 11 is 0. The molecular weight excluding hydrogens is 520 g/mol. The molecule has 0 unspecified atom stereocenters. The summed E-state index contributed by atoms with van der Waals surface area (Å²) in [4.78, 5) is 25.7. The summed E-state index contributed by atoms with van der Waals surface area (Å²) in [6.07, 6.45) is 34.2. The summed E-state index contributed by atoms with van der Waals surface area (Å²) < 4.78 is 6.02. The average Bonchev–Trinajstić information content (AvgIpc) is 2.99. The molecule has 0 atom stereocenters. The first kappa shape index (κ1) is 41.1. The van der Waals surface area contributed by atoms with Gasteiger partial charge in [0.05, 0.1) is 0 Å². The Labute approximate surface area is 262 Å². The summed E-state index contributed by atoms with van der Waals surface area (Å²) in [5.41, 5.74) is 5.72. The van der Waals surface area contributed by atoms with Crippen molar-refractivity contribution in [2.24, 2.45) is 5.73 Å². The number of esters is 1. The third kappa shape index (κ3) is 30.5. The largest absolute Gasteiger partial charge is 0.462 e. The molecule has 0 saturated carbocycles. The number of rotatable bonds is 35. The van der Waals surface area contributed by atoms with Crippen LogP contribution in [0.5, 0.6) is 0 Å². The van der Waals surface area contributed by atoms with E-state index in [9.17, 15) is 9.59 Å². The van der Waals surface area contributed by atoms with Crippen molar-refractivity contribution in [1.29, 1.82) is 0 Å². The first-order valence-electron chi connectivity index (χ1n) is 18.7. The highest BCUT2D eigenvalue weighted by molar-refractivity contribution is 5.69. The molecule has 0 saturated heterocycles. The predicted molar refractivity (Wildman–Crippen MR) is 182 cm³/mol. The zero-order valence-electron chi connectivity index (χ0n) is 28.5. The van der Waals surface area contributed by atoms with Crippen LogP contribution in [-0.4, -0.2) is 49.4 Å². The number of carbonyl (C=O) groups excluding carboxylic acids is 2. The van der Waals surface area contributed by atoms with Gasteiger partial charge in [-0.2, -0.15) is 0 Å². The maximum atomic E-state index is 12.7. The van der Waals surface area contributed by atoms with Crippen molar-refractivity contribution in [3.8, 4) is 0 Å². The third-order valence-electron chi connectivity index (χ3n) is 8.64. The summed E-state index contributed by atoms with van der Waals surface area (Å²) in [6, 6.07) is 0. The highest BCUT2D eigenvalue weighted by atomic mass is 16.5. The molecule has 0 aliphatic heterocycles. The van der Waals surface area contributed by atoms with Crippen LogP contribution in [0.4, 0.5) is 0 Å². The second kappa shape index (κ2) is 34.5. The first-order valence-corrected chi connectivity index (χ1v) is 18.7. The average molecular weight is 595 g/mol. The fraction of sp³-hybridized carbons (Fsp3) is 0.946. The number of hydrogen-bond donors (Lipinski definition) is 1. The lowest BCUT2D eigenvalue weighted by molar-refractivity contribution is -0.150. The molecular formula is C37H74N2O3. The van der Waals surface area contributed by atoms with Gasteiger partial charge < -0.3 is 20.2 Å². The molecule has 250 valence electrons. The standard InChI is InChI=1S/C37H74N2O3/c1-3-5-7-9-14-20-28-36(29-21-15-10-8-6-4-2)42-37(41)30-22-16-13-18-25-33-39(34-26-23-31-38)32-24-17-11-12-19-27-35-40/h35-36H,3-34,38H2,1-2H3. The minimum atomic E-state index is 0.0363. The van der Waals surface area contributed by atoms with E-state index in [0.29, 0.717) is 12.8 Å². The number of nitrogens with two attached hydrogens (primary N) is 1. The molecule has 0 heterocycles. The molecule has 42 heavy (non-hydrogen) atoms. The molecule has 0 radical (unpaired) electrons. The van der Waals surface area contributed by atoms with E-state index in [1.54, 1.807) is 0 Å². The van der Waals surface area contributed by atoms with Gasteiger partial charge in [-0.25, -0.2) is 0 Å². The van der Waals surface area contributed by atoms with Crippen LogP contribution < -0.4 is 5.73 Å². The second-order valence-corrected chi connectivity index (χ2v) is 12.8. The molecule has 5 nitrogen and oxygen atoms in total. The van der Waals surface area contributed by atoms with Crippen LogP contribution in [0.1, 0.15) is 194 Å². The fourth-order valence-electron chi connectivity index (χ4n) is 5.86. The van der Waals surface area contributed by atoms with Crippen LogP contribution in [-0.2, 0) is 14.3 Å². The summed E-state index contributed by atoms with van der Waals surface area (Å²) in [5.74, 6) is 0.0363. The number of aldehydes is 1. The van der Waals surface area contributed by atoms with Crippen LogP contribution in [0.2, 0.25) is 0 Å². The van der Waals surface area contributed by atoms with E-state index in [0.717, 1.165) is 57.9 Å². The Bertz CT molecular complexity index is 541. The van der Waals surface area contributed by atoms with Gasteiger partial charge in [0.25, 0.3) is 0 Å². The monoisotopic (exact) mass is 595 g/mol. The Hall–Kier alpha value is -0.940. The lowest BCUT2D eigenvalue weighted by Crippen LogP contribution is -2.27. The molecule has 0 rings (SSSR count). The van der Waals surface area contributed by atoms with Gasteiger partial charge in [0.1, 0.15) is 12.4 Å². The van der Waals surface area contributed by atoms with Crippen molar-refractivity contribution in [3.63, 3.8) is 0 Å². The number of hydrogen-bond acceptors (Lipinski definition) is 5. The van der Waals surface area contributed by atoms with E-state index < -0.39 is 0 Å². The summed E-state index contributed by atoms with van der Waals surface area (Å²) in [6.45, 7) is 8.83. The second-order valence-electron chi connectivity index (χ2n) is 12.8. The van der Waals surface area contributed by atoms with Crippen molar-refractivity contribution < 1.29 is 14.3 Å². The molecule has 0 aliphatic rings. The van der Waals surface area contributed by atoms with Crippen LogP contribution in [0.15, 0.2) is 0 Å². The van der Waals surface area contributed by atoms with Gasteiger partial charge >= 0.3 is 5.97 Å². The Morgan fingerprint density at radius 3 is 1.52 bits per heavy atom. The molecule has 0 bridgehead atoms. The molecule has 0 aromatic carbocycles. The van der Waals surface area contributed by atoms with E-state index >= 15 is 0 Å². The van der Waals surface area contributed by atoms with E-state index in [4.69, 9.17) is 10.5 Å². The Morgan fingerprint density at radius 1 is 0.595 bits per heavy atom. The van der Waals surface area contributed by atoms with Crippen molar-refractivity contribution in [1.82, 2.24) is 4.90 Å². The van der Waals surface area contributed by atoms with Crippen molar-refractivity contribution >= 4 is 12.3 Å². The van der Waals surface area contributed by atoms with Gasteiger partial charge in [-0.1, -0.05) is 117 Å². The predicted octanol–water partition coefficient (Wildman–Crippen LogP) is 10.3. The molecule has 0 amide bonds. The van der Waals surface area contributed by atoms with Gasteiger partial charge in [-0.05, 0) is 90.4 Å². The smallest absolute Gasteiger partial charge is 0.306 e. The molecule has 0 spiro atoms. The fourth-order valence-corrected chi connectivity index (χ4v) is 5.86. The molecule has 0 fully saturated rings. The van der Waals surface area contributed by atoms with Crippen LogP contribution >= 0.6 is 0 Å². The third-order valence-corrected chi connectivity index (χ3v) is 8.64. The zero-order chi connectivity index (χ0) is 30.8. The first-order chi connectivity index (χ1) is 20.7. The van der Waals surface area contributed by atoms with Crippen LogP contribution in [0.3, 0.4) is 0 Å². The normalized spacial score (nSPS) is 11.5. The van der Waals surface area contributed by atoms with Gasteiger partial charge in [-0.3, -0.25) is 4.79 Å². The van der Waals surface area contributed by atoms with E-state index in [2.05, 4.69) is 18.7 Å². The number of carbonyl (C=O) groups is 2. The minimum absolute atomic E-state index is 0.0363. The van der Waals surface area contributed by atoms with Crippen LogP contribution in [0, 0.1) is 0 Å². The Morgan fingerprint density at radius 2 is 1.02 bits per heavy atom. The minimum Gasteiger partial charge on any atom is -0.462 e. The zero-order valence-corrected chi connectivity index (χ0v) is 28.5. The molecule has 2 N–H and O–H groups in total. The maximum absolute atomic E-state index is 12.7. The van der Waals surface area contributed by atoms with E-state index in [1.165, 1.54) is 142 Å². The van der Waals surface area contributed by atoms with Crippen LogP contribution in [0.25, 0.3) is 0 Å². The number of unbranched alkanes of at least 4 members (excludes halogenated alkanes) is 20. The lowest BCUT2D eigenvalue weighted by atomic mass is 10.0. The van der Waals surface area contributed by atoms with Crippen molar-refractivity contribution in [2.75, 3.05) is 26.2 Å². The molecule has 0 aromatic rings. The van der Waals surface area contributed by atoms with Crippen molar-refractivity contribution in [3.05, 3.63) is 0 Å². The number of ether oxygens (including phenoxy) is 1. The van der Waals surface area contributed by atoms with Gasteiger partial charge in [0.15, 0.2) is 0 Å². The highest BCUT2D eigenvalue weighted by Gasteiger charge is 2.14. The maximum Gasteiger partial charge on any atom is 0.306 e. The summed E-state index contributed by atoms with van der Waals surface area (Å²) in [7, 11) is 0. The Kier molecular flexibility index (Phi) is 33.8. The highest BCUT2D eigenvalue weighted by Crippen LogP contribution is 2.18. The van der Waals surface area contributed by atoms with E-state index in [-0.39, 0.29) is 12.1 Å². The molecule has 0 aliphatic carbocycles. The molecule has 0 aromatic heterocycles. The van der Waals surface area contributed by atoms with Gasteiger partial charge in [0, 0.05) is 12.8 Å². The quantitative estimate of drug-likeness (QED) is 0.0449. The van der Waals surface area contributed by atoms with Gasteiger partial charge in [-0.15, -0.1) is 0 Å². The SMILES string of the molecule is CCCCCCCCC(CCCCCCCC)OC(=O)CCCCCCCN(CCCCN)CCCCCCCC=O. The number of nitrogens with zero attached hydrogens (tertiary/aromatic N) is 1.